The summed E-state index contributed by atoms with van der Waals surface area (Å²) in [5, 5.41) is 29.3. The van der Waals surface area contributed by atoms with Gasteiger partial charge < -0.3 is 35.4 Å². The van der Waals surface area contributed by atoms with Gasteiger partial charge in [-0.3, -0.25) is 23.4 Å². The van der Waals surface area contributed by atoms with E-state index in [9.17, 15) is 34.1 Å². The van der Waals surface area contributed by atoms with Gasteiger partial charge in [0.15, 0.2) is 6.10 Å². The number of allylic oxidation sites excluding steroid dienone is 3. The van der Waals surface area contributed by atoms with Crippen LogP contribution in [-0.2, 0) is 37.5 Å². The van der Waals surface area contributed by atoms with Crippen molar-refractivity contribution < 1.29 is 57.7 Å². The summed E-state index contributed by atoms with van der Waals surface area (Å²) in [6.07, 6.45) is 29.8. The Labute approximate surface area is 337 Å². The molecule has 56 heavy (non-hydrogen) atoms. The van der Waals surface area contributed by atoms with Gasteiger partial charge in [0, 0.05) is 12.8 Å². The van der Waals surface area contributed by atoms with Crippen LogP contribution in [0.5, 0.6) is 0 Å². The largest absolute Gasteiger partial charge is 0.480 e. The van der Waals surface area contributed by atoms with Gasteiger partial charge in [-0.25, -0.2) is 4.57 Å². The highest BCUT2D eigenvalue weighted by Gasteiger charge is 2.28. The minimum absolute atomic E-state index is 0.121. The normalized spacial score (nSPS) is 15.1. The lowest BCUT2D eigenvalue weighted by Gasteiger charge is -2.20. The van der Waals surface area contributed by atoms with Crippen LogP contribution in [0.25, 0.3) is 0 Å². The molecule has 0 amide bonds. The van der Waals surface area contributed by atoms with Crippen LogP contribution >= 0.6 is 7.82 Å². The van der Waals surface area contributed by atoms with Crippen molar-refractivity contribution in [1.29, 1.82) is 0 Å². The van der Waals surface area contributed by atoms with Gasteiger partial charge in [-0.05, 0) is 64.2 Å². The van der Waals surface area contributed by atoms with E-state index in [1.54, 1.807) is 0 Å². The lowest BCUT2D eigenvalue weighted by molar-refractivity contribution is -0.161. The van der Waals surface area contributed by atoms with Crippen LogP contribution in [0.4, 0.5) is 0 Å². The molecule has 0 rings (SSSR count). The molecule has 0 aliphatic carbocycles. The van der Waals surface area contributed by atoms with E-state index < -0.39 is 69.9 Å². The second-order valence-corrected chi connectivity index (χ2v) is 16.2. The molecule has 0 bridgehead atoms. The van der Waals surface area contributed by atoms with E-state index in [0.717, 1.165) is 77.0 Å². The molecule has 328 valence electrons. The van der Waals surface area contributed by atoms with Crippen LogP contribution < -0.4 is 5.73 Å². The molecule has 0 radical (unpaired) electrons. The van der Waals surface area contributed by atoms with Crippen molar-refractivity contribution in [2.24, 2.45) is 5.73 Å². The first-order valence-electron chi connectivity index (χ1n) is 21.5. The summed E-state index contributed by atoms with van der Waals surface area (Å²) in [5.41, 5.74) is 5.32. The van der Waals surface area contributed by atoms with Gasteiger partial charge in [0.05, 0.1) is 25.4 Å². The molecule has 13 nitrogen and oxygen atoms in total. The fourth-order valence-electron chi connectivity index (χ4n) is 5.79. The summed E-state index contributed by atoms with van der Waals surface area (Å²) < 4.78 is 32.6. The Morgan fingerprint density at radius 3 is 1.66 bits per heavy atom. The maximum Gasteiger partial charge on any atom is 0.472 e. The number of aliphatic hydroxyl groups is 2. The number of ether oxygens (including phenoxy) is 2. The first kappa shape index (κ1) is 53.9. The summed E-state index contributed by atoms with van der Waals surface area (Å²) in [4.78, 5) is 45.9. The molecule has 14 heteroatoms. The minimum atomic E-state index is -4.75. The van der Waals surface area contributed by atoms with Crippen molar-refractivity contribution in [3.8, 4) is 0 Å². The number of hydrogen-bond acceptors (Lipinski definition) is 11. The second-order valence-electron chi connectivity index (χ2n) is 14.8. The van der Waals surface area contributed by atoms with E-state index in [-0.39, 0.29) is 12.8 Å². The maximum absolute atomic E-state index is 12.6. The van der Waals surface area contributed by atoms with E-state index in [4.69, 9.17) is 24.8 Å². The summed E-state index contributed by atoms with van der Waals surface area (Å²) in [5.74, 6) is -2.52. The van der Waals surface area contributed by atoms with Crippen LogP contribution in [0, 0.1) is 0 Å². The number of unbranched alkanes of at least 4 members (excludes halogenated alkanes) is 18. The quantitative estimate of drug-likeness (QED) is 0.0169. The molecule has 0 aliphatic rings. The van der Waals surface area contributed by atoms with Crippen molar-refractivity contribution in [2.75, 3.05) is 19.8 Å². The molecule has 0 spiro atoms. The van der Waals surface area contributed by atoms with Crippen molar-refractivity contribution in [1.82, 2.24) is 0 Å². The van der Waals surface area contributed by atoms with Gasteiger partial charge >= 0.3 is 25.7 Å². The maximum atomic E-state index is 12.6. The number of hydrogen-bond donors (Lipinski definition) is 5. The fourth-order valence-corrected chi connectivity index (χ4v) is 6.57. The number of carboxylic acid groups (broad SMARTS) is 1. The number of carboxylic acids is 1. The zero-order valence-electron chi connectivity index (χ0n) is 34.7. The minimum Gasteiger partial charge on any atom is -0.480 e. The lowest BCUT2D eigenvalue weighted by Crippen LogP contribution is -2.34. The highest BCUT2D eigenvalue weighted by Crippen LogP contribution is 2.43. The molecule has 0 aliphatic heterocycles. The van der Waals surface area contributed by atoms with Crippen molar-refractivity contribution in [3.63, 3.8) is 0 Å². The number of carbonyl (C=O) groups is 3. The molecule has 1 unspecified atom stereocenters. The highest BCUT2D eigenvalue weighted by molar-refractivity contribution is 7.47. The van der Waals surface area contributed by atoms with Gasteiger partial charge in [0.25, 0.3) is 0 Å². The number of esters is 2. The zero-order valence-corrected chi connectivity index (χ0v) is 35.6. The number of nitrogens with two attached hydrogens (primary N) is 1. The van der Waals surface area contributed by atoms with Crippen molar-refractivity contribution in [2.45, 2.75) is 205 Å². The molecule has 0 heterocycles. The number of rotatable bonds is 40. The van der Waals surface area contributed by atoms with Crippen LogP contribution in [0.15, 0.2) is 24.3 Å². The van der Waals surface area contributed by atoms with Gasteiger partial charge in [0.1, 0.15) is 12.6 Å². The Kier molecular flexibility index (Phi) is 35.8. The summed E-state index contributed by atoms with van der Waals surface area (Å²) in [6, 6.07) is -1.54. The Morgan fingerprint density at radius 1 is 0.607 bits per heavy atom. The number of aliphatic hydroxyl groups excluding tert-OH is 2. The first-order chi connectivity index (χ1) is 26.9. The number of phosphoric ester groups is 1. The van der Waals surface area contributed by atoms with E-state index in [1.165, 1.54) is 51.4 Å². The van der Waals surface area contributed by atoms with Gasteiger partial charge in [-0.1, -0.05) is 128 Å². The molecule has 0 fully saturated rings. The first-order valence-corrected chi connectivity index (χ1v) is 23.0. The Balaban J connectivity index is 4.50. The Bertz CT molecular complexity index is 1090. The lowest BCUT2D eigenvalue weighted by atomic mass is 10.0. The molecule has 0 saturated heterocycles. The number of aliphatic carboxylic acids is 1. The molecule has 0 aromatic heterocycles. The monoisotopic (exact) mass is 820 g/mol. The van der Waals surface area contributed by atoms with Crippen LogP contribution in [0.1, 0.15) is 181 Å². The zero-order chi connectivity index (χ0) is 41.7. The SMILES string of the molecule is CCCCC/C=C\C[C@@H](O)[C@H](O)CCCCCCCC(=O)OC[C@H](COP(=O)(O)OC[C@H](N)C(=O)O)OC(=O)CCCCCCC/C=C\CCCCCCCC. The Hall–Kier alpha value is -2.12. The van der Waals surface area contributed by atoms with Crippen LogP contribution in [-0.4, -0.2) is 82.3 Å². The summed E-state index contributed by atoms with van der Waals surface area (Å²) in [6.45, 7) is 2.57. The van der Waals surface area contributed by atoms with E-state index in [0.29, 0.717) is 25.7 Å². The second kappa shape index (κ2) is 37.2. The molecule has 5 atom stereocenters. The smallest absolute Gasteiger partial charge is 0.472 e. The Morgan fingerprint density at radius 2 is 1.07 bits per heavy atom. The van der Waals surface area contributed by atoms with Gasteiger partial charge in [0.2, 0.25) is 0 Å². The fraction of sp³-hybridized carbons (Fsp3) is 0.833. The van der Waals surface area contributed by atoms with Crippen molar-refractivity contribution in [3.05, 3.63) is 24.3 Å². The number of phosphoric acid groups is 1. The highest BCUT2D eigenvalue weighted by atomic mass is 31.2. The van der Waals surface area contributed by atoms with Gasteiger partial charge in [-0.15, -0.1) is 0 Å². The van der Waals surface area contributed by atoms with Crippen LogP contribution in [0.2, 0.25) is 0 Å². The molecular formula is C42H78NO12P. The van der Waals surface area contributed by atoms with E-state index in [2.05, 4.69) is 36.6 Å². The molecule has 6 N–H and O–H groups in total. The number of carbonyl (C=O) groups excluding carboxylic acids is 2. The predicted molar refractivity (Wildman–Crippen MR) is 220 cm³/mol. The topological polar surface area (TPSA) is 212 Å². The third kappa shape index (κ3) is 35.1. The summed E-state index contributed by atoms with van der Waals surface area (Å²) >= 11 is 0. The average Bonchev–Trinajstić information content (AvgIpc) is 3.17. The molecule has 0 aromatic rings. The average molecular weight is 820 g/mol. The predicted octanol–water partition coefficient (Wildman–Crippen LogP) is 9.00. The molecule has 0 saturated carbocycles. The van der Waals surface area contributed by atoms with E-state index >= 15 is 0 Å². The van der Waals surface area contributed by atoms with Crippen molar-refractivity contribution >= 4 is 25.7 Å². The molecule has 0 aromatic carbocycles. The third-order valence-electron chi connectivity index (χ3n) is 9.37. The molecular weight excluding hydrogens is 741 g/mol. The third-order valence-corrected chi connectivity index (χ3v) is 10.3. The van der Waals surface area contributed by atoms with Gasteiger partial charge in [-0.2, -0.15) is 0 Å². The summed E-state index contributed by atoms with van der Waals surface area (Å²) in [7, 11) is -4.75. The van der Waals surface area contributed by atoms with E-state index in [1.807, 2.05) is 6.08 Å². The van der Waals surface area contributed by atoms with Crippen LogP contribution in [0.3, 0.4) is 0 Å². The standard InChI is InChI=1S/C42H78NO12P/c1-3-5-7-9-11-12-13-14-15-16-17-18-19-23-28-32-41(47)55-36(34-53-56(50,51)54-35-37(43)42(48)49)33-52-40(46)31-27-24-20-22-26-30-39(45)38(44)29-25-21-10-8-6-4-2/h14-15,21,25,36-39,44-45H,3-13,16-20,22-24,26-35,43H2,1-2H3,(H,48,49)(H,50,51)/b15-14-,25-21-/t36-,37+,38-,39-/m1/s1.